The van der Waals surface area contributed by atoms with Crippen molar-refractivity contribution in [3.63, 3.8) is 0 Å². The molecular formula is C22H23N5O. The third-order valence-corrected chi connectivity index (χ3v) is 4.91. The van der Waals surface area contributed by atoms with Gasteiger partial charge >= 0.3 is 0 Å². The Kier molecular flexibility index (Phi) is 4.69. The molecule has 0 spiro atoms. The average Bonchev–Trinajstić information content (AvgIpc) is 3.24. The van der Waals surface area contributed by atoms with Crippen LogP contribution in [0.15, 0.2) is 54.9 Å². The van der Waals surface area contributed by atoms with Crippen LogP contribution < -0.4 is 5.32 Å². The molecule has 0 saturated carbocycles. The first-order valence-electron chi connectivity index (χ1n) is 9.35. The van der Waals surface area contributed by atoms with Crippen LogP contribution in [0.1, 0.15) is 35.5 Å². The number of carbonyl (C=O) groups is 1. The third kappa shape index (κ3) is 3.53. The Bertz CT molecular complexity index is 1120. The number of carbonyl (C=O) groups excluding carboxylic acids is 1. The highest BCUT2D eigenvalue weighted by molar-refractivity contribution is 5.87. The van der Waals surface area contributed by atoms with Gasteiger partial charge in [-0.2, -0.15) is 5.10 Å². The maximum atomic E-state index is 12.5. The van der Waals surface area contributed by atoms with Crippen molar-refractivity contribution in [2.24, 2.45) is 0 Å². The first-order chi connectivity index (χ1) is 13.5. The summed E-state index contributed by atoms with van der Waals surface area (Å²) in [6, 6.07) is 14.0. The number of nitrogens with one attached hydrogen (secondary N) is 2. The van der Waals surface area contributed by atoms with Gasteiger partial charge in [-0.25, -0.2) is 9.67 Å². The standard InChI is InChI=1S/C22H23N5O/c1-14-11-15(2)27(26-14)19-8-6-17(7-9-19)16(3)25-21(28)12-18-13-24-22-20(18)5-4-10-23-22/h4-11,13,16H,12H2,1-3H3,(H,23,24)(H,25,28). The van der Waals surface area contributed by atoms with Gasteiger partial charge in [0.1, 0.15) is 5.65 Å². The molecule has 4 aromatic rings. The molecule has 4 rings (SSSR count). The van der Waals surface area contributed by atoms with E-state index in [-0.39, 0.29) is 11.9 Å². The predicted molar refractivity (Wildman–Crippen MR) is 109 cm³/mol. The number of rotatable bonds is 5. The number of fused-ring (bicyclic) bond motifs is 1. The fourth-order valence-corrected chi connectivity index (χ4v) is 3.50. The Morgan fingerprint density at radius 2 is 2.00 bits per heavy atom. The van der Waals surface area contributed by atoms with Crippen LogP contribution in [0.3, 0.4) is 0 Å². The van der Waals surface area contributed by atoms with Gasteiger partial charge in [-0.15, -0.1) is 0 Å². The van der Waals surface area contributed by atoms with E-state index in [9.17, 15) is 4.79 Å². The van der Waals surface area contributed by atoms with Gasteiger partial charge < -0.3 is 10.3 Å². The monoisotopic (exact) mass is 373 g/mol. The zero-order valence-corrected chi connectivity index (χ0v) is 16.2. The molecule has 6 heteroatoms. The molecule has 0 fully saturated rings. The van der Waals surface area contributed by atoms with E-state index in [0.29, 0.717) is 6.42 Å². The first kappa shape index (κ1) is 18.0. The topological polar surface area (TPSA) is 75.6 Å². The van der Waals surface area contributed by atoms with Crippen molar-refractivity contribution in [2.75, 3.05) is 0 Å². The number of hydrogen-bond acceptors (Lipinski definition) is 3. The van der Waals surface area contributed by atoms with Crippen LogP contribution in [0.25, 0.3) is 16.7 Å². The lowest BCUT2D eigenvalue weighted by Crippen LogP contribution is -2.28. The number of H-pyrrole nitrogens is 1. The Labute approximate surface area is 163 Å². The number of amides is 1. The number of pyridine rings is 1. The summed E-state index contributed by atoms with van der Waals surface area (Å²) in [7, 11) is 0. The molecule has 142 valence electrons. The van der Waals surface area contributed by atoms with E-state index in [1.54, 1.807) is 6.20 Å². The van der Waals surface area contributed by atoms with Gasteiger partial charge in [0.2, 0.25) is 5.91 Å². The Balaban J connectivity index is 1.43. The summed E-state index contributed by atoms with van der Waals surface area (Å²) in [5.74, 6) is -0.0140. The summed E-state index contributed by atoms with van der Waals surface area (Å²) in [6.07, 6.45) is 3.91. The summed E-state index contributed by atoms with van der Waals surface area (Å²) < 4.78 is 1.92. The molecule has 3 heterocycles. The maximum Gasteiger partial charge on any atom is 0.224 e. The van der Waals surface area contributed by atoms with Crippen molar-refractivity contribution in [3.05, 3.63) is 77.4 Å². The van der Waals surface area contributed by atoms with Crippen LogP contribution in [-0.4, -0.2) is 25.7 Å². The summed E-state index contributed by atoms with van der Waals surface area (Å²) in [5, 5.41) is 8.57. The third-order valence-electron chi connectivity index (χ3n) is 4.91. The molecule has 0 aliphatic heterocycles. The van der Waals surface area contributed by atoms with E-state index in [1.165, 1.54) is 0 Å². The molecule has 1 aromatic carbocycles. The maximum absolute atomic E-state index is 12.5. The number of hydrogen-bond donors (Lipinski definition) is 2. The molecule has 6 nitrogen and oxygen atoms in total. The van der Waals surface area contributed by atoms with E-state index in [2.05, 4.69) is 26.4 Å². The number of aromatic nitrogens is 4. The fraction of sp³-hybridized carbons (Fsp3) is 0.227. The predicted octanol–water partition coefficient (Wildman–Crippen LogP) is 3.79. The van der Waals surface area contributed by atoms with E-state index < -0.39 is 0 Å². The van der Waals surface area contributed by atoms with Crippen LogP contribution in [0.2, 0.25) is 0 Å². The van der Waals surface area contributed by atoms with Gasteiger partial charge in [0.25, 0.3) is 0 Å². The van der Waals surface area contributed by atoms with Crippen LogP contribution >= 0.6 is 0 Å². The molecule has 1 amide bonds. The normalized spacial score (nSPS) is 12.2. The zero-order chi connectivity index (χ0) is 19.7. The highest BCUT2D eigenvalue weighted by atomic mass is 16.1. The van der Waals surface area contributed by atoms with Crippen molar-refractivity contribution in [3.8, 4) is 5.69 Å². The van der Waals surface area contributed by atoms with Gasteiger partial charge in [0.05, 0.1) is 23.8 Å². The van der Waals surface area contributed by atoms with Crippen molar-refractivity contribution >= 4 is 16.9 Å². The van der Waals surface area contributed by atoms with Gasteiger partial charge in [-0.1, -0.05) is 12.1 Å². The molecule has 1 unspecified atom stereocenters. The Morgan fingerprint density at radius 3 is 2.71 bits per heavy atom. The molecule has 28 heavy (non-hydrogen) atoms. The highest BCUT2D eigenvalue weighted by Gasteiger charge is 2.13. The second-order valence-electron chi connectivity index (χ2n) is 7.11. The lowest BCUT2D eigenvalue weighted by molar-refractivity contribution is -0.121. The molecular weight excluding hydrogens is 350 g/mol. The molecule has 0 radical (unpaired) electrons. The molecule has 3 aromatic heterocycles. The minimum absolute atomic E-state index is 0.0140. The van der Waals surface area contributed by atoms with Crippen molar-refractivity contribution in [1.29, 1.82) is 0 Å². The summed E-state index contributed by atoms with van der Waals surface area (Å²) >= 11 is 0. The van der Waals surface area contributed by atoms with Crippen LogP contribution in [0, 0.1) is 13.8 Å². The zero-order valence-electron chi connectivity index (χ0n) is 16.2. The van der Waals surface area contributed by atoms with Gasteiger partial charge in [-0.3, -0.25) is 4.79 Å². The van der Waals surface area contributed by atoms with Crippen molar-refractivity contribution in [1.82, 2.24) is 25.1 Å². The molecule has 2 N–H and O–H groups in total. The number of aromatic amines is 1. The number of benzene rings is 1. The average molecular weight is 373 g/mol. The first-order valence-corrected chi connectivity index (χ1v) is 9.35. The molecule has 0 aliphatic rings. The highest BCUT2D eigenvalue weighted by Crippen LogP contribution is 2.19. The van der Waals surface area contributed by atoms with Crippen molar-refractivity contribution < 1.29 is 4.79 Å². The van der Waals surface area contributed by atoms with Crippen molar-refractivity contribution in [2.45, 2.75) is 33.2 Å². The smallest absolute Gasteiger partial charge is 0.224 e. The molecule has 0 bridgehead atoms. The van der Waals surface area contributed by atoms with Gasteiger partial charge in [0, 0.05) is 23.5 Å². The molecule has 0 aliphatic carbocycles. The van der Waals surface area contributed by atoms with E-state index in [0.717, 1.165) is 39.2 Å². The van der Waals surface area contributed by atoms with E-state index in [1.807, 2.05) is 68.0 Å². The number of nitrogens with zero attached hydrogens (tertiary/aromatic N) is 3. The second-order valence-corrected chi connectivity index (χ2v) is 7.11. The number of aryl methyl sites for hydroxylation is 2. The quantitative estimate of drug-likeness (QED) is 0.559. The van der Waals surface area contributed by atoms with Gasteiger partial charge in [-0.05, 0) is 62.2 Å². The summed E-state index contributed by atoms with van der Waals surface area (Å²) in [5.41, 5.74) is 5.92. The second kappa shape index (κ2) is 7.31. The SMILES string of the molecule is Cc1cc(C)n(-c2ccc(C(C)NC(=O)Cc3c[nH]c4ncccc34)cc2)n1. The van der Waals surface area contributed by atoms with Crippen LogP contribution in [0.5, 0.6) is 0 Å². The van der Waals surface area contributed by atoms with Crippen LogP contribution in [0.4, 0.5) is 0 Å². The fourth-order valence-electron chi connectivity index (χ4n) is 3.50. The molecule has 0 saturated heterocycles. The van der Waals surface area contributed by atoms with Crippen LogP contribution in [-0.2, 0) is 11.2 Å². The lowest BCUT2D eigenvalue weighted by atomic mass is 10.1. The minimum Gasteiger partial charge on any atom is -0.349 e. The Morgan fingerprint density at radius 1 is 1.21 bits per heavy atom. The summed E-state index contributed by atoms with van der Waals surface area (Å²) in [4.78, 5) is 19.9. The van der Waals surface area contributed by atoms with E-state index >= 15 is 0 Å². The van der Waals surface area contributed by atoms with Gasteiger partial charge in [0.15, 0.2) is 0 Å². The lowest BCUT2D eigenvalue weighted by Gasteiger charge is -2.15. The minimum atomic E-state index is -0.0784. The van der Waals surface area contributed by atoms with E-state index in [4.69, 9.17) is 0 Å². The molecule has 1 atom stereocenters. The Hall–Kier alpha value is -3.41. The summed E-state index contributed by atoms with van der Waals surface area (Å²) in [6.45, 7) is 6.02. The largest absolute Gasteiger partial charge is 0.349 e.